The number of hydrogen-bond donors (Lipinski definition) is 1. The van der Waals surface area contributed by atoms with Crippen LogP contribution in [-0.4, -0.2) is 21.1 Å². The number of nitrogens with zero attached hydrogens (tertiary/aromatic N) is 3. The average Bonchev–Trinajstić information content (AvgIpc) is 2.68. The third-order valence-electron chi connectivity index (χ3n) is 2.26. The highest BCUT2D eigenvalue weighted by Gasteiger charge is 2.01. The van der Waals surface area contributed by atoms with Crippen LogP contribution in [0.25, 0.3) is 0 Å². The quantitative estimate of drug-likeness (QED) is 0.798. The third kappa shape index (κ3) is 2.41. The molecule has 0 amide bonds. The van der Waals surface area contributed by atoms with Gasteiger partial charge in [0.15, 0.2) is 0 Å². The van der Waals surface area contributed by atoms with E-state index in [9.17, 15) is 0 Å². The summed E-state index contributed by atoms with van der Waals surface area (Å²) >= 11 is 0. The van der Waals surface area contributed by atoms with Gasteiger partial charge >= 0.3 is 0 Å². The van der Waals surface area contributed by atoms with Crippen molar-refractivity contribution in [3.05, 3.63) is 48.3 Å². The number of rotatable bonds is 4. The molecule has 0 aliphatic rings. The summed E-state index contributed by atoms with van der Waals surface area (Å²) in [6, 6.07) is 5.91. The van der Waals surface area contributed by atoms with Gasteiger partial charge in [0.1, 0.15) is 0 Å². The molecular formula is C11H14N4. The highest BCUT2D eigenvalue weighted by atomic mass is 15.1. The van der Waals surface area contributed by atoms with Gasteiger partial charge in [-0.05, 0) is 18.7 Å². The predicted molar refractivity (Wildman–Crippen MR) is 58.3 cm³/mol. The van der Waals surface area contributed by atoms with Gasteiger partial charge in [0.2, 0.25) is 0 Å². The molecule has 0 aliphatic carbocycles. The van der Waals surface area contributed by atoms with Gasteiger partial charge in [-0.1, -0.05) is 6.07 Å². The number of aromatic nitrogens is 3. The first-order chi connectivity index (χ1) is 7.40. The fourth-order valence-corrected chi connectivity index (χ4v) is 1.51. The largest absolute Gasteiger partial charge is 0.330 e. The molecule has 2 aromatic rings. The smallest absolute Gasteiger partial charge is 0.0951 e. The van der Waals surface area contributed by atoms with E-state index in [1.54, 1.807) is 6.20 Å². The molecule has 2 aromatic heterocycles. The highest BCUT2D eigenvalue weighted by Crippen LogP contribution is 2.03. The van der Waals surface area contributed by atoms with E-state index >= 15 is 0 Å². The number of imidazole rings is 1. The molecule has 4 nitrogen and oxygen atoms in total. The van der Waals surface area contributed by atoms with Crippen molar-refractivity contribution in [2.45, 2.75) is 13.0 Å². The molecule has 0 aliphatic heterocycles. The topological polar surface area (TPSA) is 56.7 Å². The Hall–Kier alpha value is -1.68. The van der Waals surface area contributed by atoms with E-state index in [1.165, 1.54) is 0 Å². The van der Waals surface area contributed by atoms with Crippen molar-refractivity contribution in [2.75, 3.05) is 6.54 Å². The maximum Gasteiger partial charge on any atom is 0.0951 e. The Morgan fingerprint density at radius 1 is 1.33 bits per heavy atom. The molecule has 0 saturated carbocycles. The maximum atomic E-state index is 5.53. The molecule has 0 radical (unpaired) electrons. The summed E-state index contributed by atoms with van der Waals surface area (Å²) in [6.45, 7) is 1.41. The van der Waals surface area contributed by atoms with Crippen LogP contribution in [0.4, 0.5) is 0 Å². The lowest BCUT2D eigenvalue weighted by atomic mass is 10.3. The predicted octanol–water partition coefficient (Wildman–Crippen LogP) is 0.828. The average molecular weight is 202 g/mol. The lowest BCUT2D eigenvalue weighted by Gasteiger charge is -2.06. The number of hydrogen-bond acceptors (Lipinski definition) is 3. The van der Waals surface area contributed by atoms with Gasteiger partial charge in [-0.2, -0.15) is 0 Å². The first kappa shape index (κ1) is 9.86. The second kappa shape index (κ2) is 4.70. The molecule has 4 heteroatoms. The van der Waals surface area contributed by atoms with Crippen molar-refractivity contribution in [3.63, 3.8) is 0 Å². The number of nitrogens with two attached hydrogens (primary N) is 1. The Balaban J connectivity index is 2.14. The van der Waals surface area contributed by atoms with E-state index in [-0.39, 0.29) is 0 Å². The molecule has 0 saturated heterocycles. The van der Waals surface area contributed by atoms with Gasteiger partial charge < -0.3 is 10.3 Å². The summed E-state index contributed by atoms with van der Waals surface area (Å²) in [6.07, 6.45) is 6.33. The summed E-state index contributed by atoms with van der Waals surface area (Å²) in [4.78, 5) is 8.39. The second-order valence-electron chi connectivity index (χ2n) is 3.37. The van der Waals surface area contributed by atoms with E-state index in [4.69, 9.17) is 5.73 Å². The third-order valence-corrected chi connectivity index (χ3v) is 2.26. The monoisotopic (exact) mass is 202 g/mol. The van der Waals surface area contributed by atoms with Crippen LogP contribution in [0.15, 0.2) is 36.9 Å². The normalized spacial score (nSPS) is 10.5. The molecule has 0 atom stereocenters. The molecule has 0 fully saturated rings. The Kier molecular flexibility index (Phi) is 3.09. The zero-order valence-electron chi connectivity index (χ0n) is 8.50. The molecule has 0 unspecified atom stereocenters. The zero-order chi connectivity index (χ0) is 10.5. The van der Waals surface area contributed by atoms with Gasteiger partial charge in [0, 0.05) is 24.5 Å². The van der Waals surface area contributed by atoms with Crippen molar-refractivity contribution in [3.8, 4) is 0 Å². The van der Waals surface area contributed by atoms with Crippen LogP contribution in [0.2, 0.25) is 0 Å². The van der Waals surface area contributed by atoms with Crippen molar-refractivity contribution in [1.82, 2.24) is 14.5 Å². The van der Waals surface area contributed by atoms with Gasteiger partial charge in [-0.15, -0.1) is 0 Å². The Labute approximate surface area is 88.8 Å². The van der Waals surface area contributed by atoms with Crippen LogP contribution >= 0.6 is 0 Å². The van der Waals surface area contributed by atoms with Crippen LogP contribution in [-0.2, 0) is 13.0 Å². The van der Waals surface area contributed by atoms with Crippen molar-refractivity contribution >= 4 is 0 Å². The lowest BCUT2D eigenvalue weighted by molar-refractivity contribution is 0.718. The van der Waals surface area contributed by atoms with Gasteiger partial charge in [0.25, 0.3) is 0 Å². The van der Waals surface area contributed by atoms with Crippen molar-refractivity contribution < 1.29 is 0 Å². The molecule has 2 N–H and O–H groups in total. The van der Waals surface area contributed by atoms with Crippen LogP contribution in [0, 0.1) is 0 Å². The molecule has 15 heavy (non-hydrogen) atoms. The summed E-state index contributed by atoms with van der Waals surface area (Å²) < 4.78 is 2.08. The zero-order valence-corrected chi connectivity index (χ0v) is 8.50. The summed E-state index contributed by atoms with van der Waals surface area (Å²) in [5.74, 6) is 0. The van der Waals surface area contributed by atoms with Crippen LogP contribution in [0.5, 0.6) is 0 Å². The van der Waals surface area contributed by atoms with Gasteiger partial charge in [-0.3, -0.25) is 4.98 Å². The molecule has 2 heterocycles. The minimum atomic E-state index is 0.647. The summed E-state index contributed by atoms with van der Waals surface area (Å²) in [5.41, 5.74) is 7.72. The molecule has 0 aromatic carbocycles. The fourth-order valence-electron chi connectivity index (χ4n) is 1.51. The Bertz CT molecular complexity index is 408. The summed E-state index contributed by atoms with van der Waals surface area (Å²) in [7, 11) is 0. The van der Waals surface area contributed by atoms with Crippen molar-refractivity contribution in [1.29, 1.82) is 0 Å². The summed E-state index contributed by atoms with van der Waals surface area (Å²) in [5, 5.41) is 0. The highest BCUT2D eigenvalue weighted by molar-refractivity contribution is 5.07. The first-order valence-corrected chi connectivity index (χ1v) is 4.99. The second-order valence-corrected chi connectivity index (χ2v) is 3.37. The van der Waals surface area contributed by atoms with Crippen LogP contribution in [0.1, 0.15) is 11.4 Å². The van der Waals surface area contributed by atoms with E-state index in [0.29, 0.717) is 6.54 Å². The SMILES string of the molecule is NCCc1cncn1Cc1ccccn1. The lowest BCUT2D eigenvalue weighted by Crippen LogP contribution is -2.09. The molecule has 0 bridgehead atoms. The molecule has 78 valence electrons. The standard InChI is InChI=1S/C11H14N4/c12-5-4-11-7-13-9-15(11)8-10-3-1-2-6-14-10/h1-3,6-7,9H,4-5,8,12H2. The molecule has 0 spiro atoms. The first-order valence-electron chi connectivity index (χ1n) is 4.99. The van der Waals surface area contributed by atoms with Crippen LogP contribution < -0.4 is 5.73 Å². The minimum Gasteiger partial charge on any atom is -0.330 e. The van der Waals surface area contributed by atoms with Crippen LogP contribution in [0.3, 0.4) is 0 Å². The Morgan fingerprint density at radius 2 is 2.27 bits per heavy atom. The maximum absolute atomic E-state index is 5.53. The van der Waals surface area contributed by atoms with Gasteiger partial charge in [-0.25, -0.2) is 4.98 Å². The number of pyridine rings is 1. The van der Waals surface area contributed by atoms with E-state index in [2.05, 4.69) is 14.5 Å². The fraction of sp³-hybridized carbons (Fsp3) is 0.273. The Morgan fingerprint density at radius 3 is 3.00 bits per heavy atom. The molecular weight excluding hydrogens is 188 g/mol. The molecule has 2 rings (SSSR count). The van der Waals surface area contributed by atoms with E-state index in [0.717, 1.165) is 24.4 Å². The van der Waals surface area contributed by atoms with E-state index < -0.39 is 0 Å². The van der Waals surface area contributed by atoms with Gasteiger partial charge in [0.05, 0.1) is 18.6 Å². The minimum absolute atomic E-state index is 0.647. The van der Waals surface area contributed by atoms with Crippen molar-refractivity contribution in [2.24, 2.45) is 5.73 Å². The van der Waals surface area contributed by atoms with E-state index in [1.807, 2.05) is 30.7 Å².